The number of benzene rings is 3. The van der Waals surface area contributed by atoms with E-state index in [4.69, 9.17) is 27.9 Å². The smallest absolute Gasteiger partial charge is 0.336 e. The second-order valence-electron chi connectivity index (χ2n) is 10.2. The molecule has 1 N–H and O–H groups in total. The molecule has 2 aliphatic heterocycles. The summed E-state index contributed by atoms with van der Waals surface area (Å²) in [5.41, 5.74) is 1.55. The molecule has 0 radical (unpaired) electrons. The van der Waals surface area contributed by atoms with Crippen LogP contribution < -0.4 is 5.32 Å². The van der Waals surface area contributed by atoms with Crippen molar-refractivity contribution in [3.05, 3.63) is 116 Å². The minimum absolute atomic E-state index is 0.00369. The van der Waals surface area contributed by atoms with E-state index in [0.717, 1.165) is 5.56 Å². The number of carbonyl (C=O) groups excluding carboxylic acids is 1. The van der Waals surface area contributed by atoms with Crippen molar-refractivity contribution in [1.82, 2.24) is 10.2 Å². The number of nitrogens with zero attached hydrogens (tertiary/aromatic N) is 1. The summed E-state index contributed by atoms with van der Waals surface area (Å²) in [6.45, 7) is 2.67. The van der Waals surface area contributed by atoms with E-state index >= 15 is 0 Å². The molecule has 0 aliphatic carbocycles. The van der Waals surface area contributed by atoms with Crippen LogP contribution in [0.25, 0.3) is 0 Å². The highest BCUT2D eigenvalue weighted by molar-refractivity contribution is 7.97. The van der Waals surface area contributed by atoms with E-state index in [1.165, 1.54) is 24.3 Å². The van der Waals surface area contributed by atoms with Gasteiger partial charge in [-0.2, -0.15) is 0 Å². The fourth-order valence-electron chi connectivity index (χ4n) is 5.27. The minimum atomic E-state index is -4.45. The number of rotatable bonds is 7. The first-order chi connectivity index (χ1) is 19.9. The Morgan fingerprint density at radius 1 is 0.952 bits per heavy atom. The summed E-state index contributed by atoms with van der Waals surface area (Å²) in [5.74, 6) is -2.64. The Kier molecular flexibility index (Phi) is 8.55. The van der Waals surface area contributed by atoms with Crippen LogP contribution in [-0.2, 0) is 35.8 Å². The molecular formula is C30H28Cl2N2O6S2. The maximum absolute atomic E-state index is 14.3. The lowest BCUT2D eigenvalue weighted by molar-refractivity contribution is -0.139. The normalized spacial score (nSPS) is 19.0. The van der Waals surface area contributed by atoms with Crippen LogP contribution in [0.2, 0.25) is 10.0 Å². The number of fused-ring (bicyclic) bond motifs is 1. The topological polar surface area (TPSA) is 110 Å². The molecule has 1 unspecified atom stereocenters. The molecular weight excluding hydrogens is 619 g/mol. The van der Waals surface area contributed by atoms with E-state index in [1.807, 2.05) is 42.3 Å². The van der Waals surface area contributed by atoms with Gasteiger partial charge in [0.2, 0.25) is 9.84 Å². The third kappa shape index (κ3) is 5.74. The van der Waals surface area contributed by atoms with Crippen LogP contribution in [-0.4, -0.2) is 53.7 Å². The van der Waals surface area contributed by atoms with Gasteiger partial charge in [-0.15, -0.1) is 0 Å². The third-order valence-corrected chi connectivity index (χ3v) is 11.9. The summed E-state index contributed by atoms with van der Waals surface area (Å²) in [4.78, 5) is 14.8. The number of carbonyl (C=O) groups is 1. The summed E-state index contributed by atoms with van der Waals surface area (Å²) in [6, 6.07) is 20.0. The average molecular weight is 648 g/mol. The van der Waals surface area contributed by atoms with Gasteiger partial charge in [0.05, 0.1) is 42.0 Å². The zero-order valence-electron chi connectivity index (χ0n) is 22.8. The Labute approximate surface area is 255 Å². The van der Waals surface area contributed by atoms with Gasteiger partial charge in [-0.3, -0.25) is 4.90 Å². The molecule has 0 saturated carbocycles. The summed E-state index contributed by atoms with van der Waals surface area (Å²) >= 11 is 13.0. The molecule has 2 aliphatic rings. The fraction of sp³-hybridized carbons (Fsp3) is 0.233. The van der Waals surface area contributed by atoms with Gasteiger partial charge in [0.15, 0.2) is 9.84 Å². The summed E-state index contributed by atoms with van der Waals surface area (Å²) in [5, 5.41) is 3.12. The van der Waals surface area contributed by atoms with Crippen LogP contribution >= 0.6 is 23.2 Å². The lowest BCUT2D eigenvalue weighted by Gasteiger charge is -2.32. The lowest BCUT2D eigenvalue weighted by atomic mass is 9.86. The zero-order chi connectivity index (χ0) is 30.2. The van der Waals surface area contributed by atoms with Crippen molar-refractivity contribution in [2.24, 2.45) is 0 Å². The van der Waals surface area contributed by atoms with Gasteiger partial charge in [0.25, 0.3) is 0 Å². The first-order valence-corrected chi connectivity index (χ1v) is 16.9. The van der Waals surface area contributed by atoms with E-state index in [1.54, 1.807) is 25.1 Å². The third-order valence-electron chi connectivity index (χ3n) is 7.20. The fourth-order valence-corrected chi connectivity index (χ4v) is 9.75. The van der Waals surface area contributed by atoms with Gasteiger partial charge >= 0.3 is 5.97 Å². The molecule has 0 fully saturated rings. The minimum Gasteiger partial charge on any atom is -0.461 e. The van der Waals surface area contributed by atoms with E-state index in [2.05, 4.69) is 5.32 Å². The molecule has 8 nitrogen and oxygen atoms in total. The second kappa shape index (κ2) is 11.9. The monoisotopic (exact) mass is 646 g/mol. The number of likely N-dealkylation sites (N-methyl/N-ethyl adjacent to an activating group) is 1. The number of esters is 1. The molecule has 220 valence electrons. The lowest BCUT2D eigenvalue weighted by Crippen LogP contribution is -2.34. The van der Waals surface area contributed by atoms with Crippen molar-refractivity contribution in [1.29, 1.82) is 0 Å². The number of nitrogens with one attached hydrogen (secondary N) is 1. The predicted octanol–water partition coefficient (Wildman–Crippen LogP) is 5.10. The van der Waals surface area contributed by atoms with Crippen LogP contribution in [0.3, 0.4) is 0 Å². The van der Waals surface area contributed by atoms with Crippen molar-refractivity contribution in [2.45, 2.75) is 29.2 Å². The summed E-state index contributed by atoms with van der Waals surface area (Å²) < 4.78 is 60.9. The average Bonchev–Trinajstić information content (AvgIpc) is 3.00. The predicted molar refractivity (Wildman–Crippen MR) is 161 cm³/mol. The number of dihydropyridines is 1. The standard InChI is InChI=1S/C30H28Cl2N2O6S2/c1-19-26(30(35)40-16-15-34(2)17-20-9-4-3-5-10-20)27(21-11-8-12-22(31)28(21)32)29-23(33-19)18-41(36,37)24-13-6-7-14-25(24)42(29,38)39/h3-14,27,33H,15-18H2,1-2H3. The van der Waals surface area contributed by atoms with E-state index in [9.17, 15) is 21.6 Å². The Balaban J connectivity index is 1.55. The van der Waals surface area contributed by atoms with Crippen molar-refractivity contribution in [3.8, 4) is 0 Å². The first kappa shape index (κ1) is 30.3. The Morgan fingerprint density at radius 2 is 1.62 bits per heavy atom. The highest BCUT2D eigenvalue weighted by atomic mass is 35.5. The Bertz CT molecular complexity index is 1840. The van der Waals surface area contributed by atoms with Crippen LogP contribution in [0.5, 0.6) is 0 Å². The van der Waals surface area contributed by atoms with Gasteiger partial charge in [-0.05, 0) is 43.3 Å². The number of hydrogen-bond donors (Lipinski definition) is 1. The molecule has 0 bridgehead atoms. The van der Waals surface area contributed by atoms with E-state index < -0.39 is 37.3 Å². The molecule has 1 atom stereocenters. The first-order valence-electron chi connectivity index (χ1n) is 13.0. The molecule has 3 aromatic carbocycles. The number of allylic oxidation sites excluding steroid dienone is 2. The molecule has 0 saturated heterocycles. The van der Waals surface area contributed by atoms with E-state index in [0.29, 0.717) is 13.1 Å². The number of hydrogen-bond acceptors (Lipinski definition) is 8. The summed E-state index contributed by atoms with van der Waals surface area (Å²) in [7, 11) is -6.61. The largest absolute Gasteiger partial charge is 0.461 e. The van der Waals surface area contributed by atoms with Crippen LogP contribution in [0.1, 0.15) is 24.0 Å². The number of sulfone groups is 2. The van der Waals surface area contributed by atoms with Gasteiger partial charge in [0.1, 0.15) is 6.61 Å². The molecule has 3 aromatic rings. The van der Waals surface area contributed by atoms with Crippen molar-refractivity contribution < 1.29 is 26.4 Å². The molecule has 42 heavy (non-hydrogen) atoms. The zero-order valence-corrected chi connectivity index (χ0v) is 25.9. The van der Waals surface area contributed by atoms with Gasteiger partial charge in [0, 0.05) is 24.5 Å². The number of ether oxygens (including phenoxy) is 1. The Morgan fingerprint density at radius 3 is 2.33 bits per heavy atom. The second-order valence-corrected chi connectivity index (χ2v) is 14.8. The maximum Gasteiger partial charge on any atom is 0.336 e. The van der Waals surface area contributed by atoms with Gasteiger partial charge in [-0.1, -0.05) is 77.8 Å². The Hall–Kier alpha value is -3.15. The van der Waals surface area contributed by atoms with Gasteiger partial charge < -0.3 is 10.1 Å². The maximum atomic E-state index is 14.3. The highest BCUT2D eigenvalue weighted by Gasteiger charge is 2.46. The molecule has 0 aromatic heterocycles. The van der Waals surface area contributed by atoms with Crippen molar-refractivity contribution in [2.75, 3.05) is 26.0 Å². The molecule has 2 heterocycles. The van der Waals surface area contributed by atoms with Crippen molar-refractivity contribution >= 4 is 48.8 Å². The van der Waals surface area contributed by atoms with Crippen LogP contribution in [0, 0.1) is 0 Å². The molecule has 5 rings (SSSR count). The van der Waals surface area contributed by atoms with E-state index in [-0.39, 0.29) is 53.9 Å². The number of halogens is 2. The van der Waals surface area contributed by atoms with Crippen LogP contribution in [0.4, 0.5) is 0 Å². The molecule has 0 amide bonds. The summed E-state index contributed by atoms with van der Waals surface area (Å²) in [6.07, 6.45) is 0. The molecule has 0 spiro atoms. The van der Waals surface area contributed by atoms with Gasteiger partial charge in [-0.25, -0.2) is 21.6 Å². The highest BCUT2D eigenvalue weighted by Crippen LogP contribution is 2.48. The SMILES string of the molecule is CC1=C(C(=O)OCCN(C)Cc2ccccc2)C(c2cccc(Cl)c2Cl)C2=C(CS(=O)(=O)c3ccccc3S2(=O)=O)N1. The quantitative estimate of drug-likeness (QED) is 0.353. The molecule has 12 heteroatoms. The van der Waals surface area contributed by atoms with Crippen LogP contribution in [0.15, 0.2) is 104 Å². The van der Waals surface area contributed by atoms with Crippen molar-refractivity contribution in [3.63, 3.8) is 0 Å².